The Hall–Kier alpha value is -1.63. The summed E-state index contributed by atoms with van der Waals surface area (Å²) in [6, 6.07) is 5.21. The zero-order chi connectivity index (χ0) is 14.3. The summed E-state index contributed by atoms with van der Waals surface area (Å²) in [5, 5.41) is 4.10. The number of sulfone groups is 1. The molecular weight excluding hydrogens is 266 g/mol. The summed E-state index contributed by atoms with van der Waals surface area (Å²) in [4.78, 5) is 12.0. The fourth-order valence-corrected chi connectivity index (χ4v) is 2.65. The Bertz CT molecular complexity index is 750. The second kappa shape index (κ2) is 4.48. The van der Waals surface area contributed by atoms with Crippen molar-refractivity contribution in [3.63, 3.8) is 0 Å². The van der Waals surface area contributed by atoms with Gasteiger partial charge in [-0.25, -0.2) is 17.9 Å². The van der Waals surface area contributed by atoms with E-state index in [4.69, 9.17) is 0 Å². The maximum atomic E-state index is 12.0. The molecule has 0 saturated heterocycles. The number of fused-ring (bicyclic) bond motifs is 1. The van der Waals surface area contributed by atoms with Gasteiger partial charge in [0.15, 0.2) is 15.5 Å². The molecule has 0 atom stereocenters. The molecule has 0 aromatic carbocycles. The molecule has 0 spiro atoms. The molecule has 2 rings (SSSR count). The number of pyridine rings is 1. The molecule has 0 bridgehead atoms. The molecular formula is C12H17N3O3S. The molecule has 104 valence electrons. The predicted octanol–water partition coefficient (Wildman–Crippen LogP) is 0.709. The SMILES string of the molecule is CC(C)(C)S(=O)(=O)CCn1nc2ccccn2c1=O. The minimum atomic E-state index is -3.26. The Labute approximate surface area is 111 Å². The number of rotatable bonds is 3. The van der Waals surface area contributed by atoms with E-state index in [1.54, 1.807) is 45.2 Å². The zero-order valence-corrected chi connectivity index (χ0v) is 12.0. The first kappa shape index (κ1) is 13.8. The Balaban J connectivity index is 2.29. The van der Waals surface area contributed by atoms with E-state index in [1.807, 2.05) is 0 Å². The topological polar surface area (TPSA) is 73.4 Å². The number of nitrogens with zero attached hydrogens (tertiary/aromatic N) is 3. The van der Waals surface area contributed by atoms with E-state index < -0.39 is 14.6 Å². The molecule has 0 saturated carbocycles. The standard InChI is InChI=1S/C12H17N3O3S/c1-12(2,3)19(17,18)9-8-15-11(16)14-7-5-4-6-10(14)13-15/h4-7H,8-9H2,1-3H3. The lowest BCUT2D eigenvalue weighted by atomic mass is 10.3. The van der Waals surface area contributed by atoms with E-state index in [0.29, 0.717) is 5.65 Å². The van der Waals surface area contributed by atoms with Crippen LogP contribution in [0.15, 0.2) is 29.2 Å². The Morgan fingerprint density at radius 3 is 2.53 bits per heavy atom. The highest BCUT2D eigenvalue weighted by atomic mass is 32.2. The monoisotopic (exact) mass is 283 g/mol. The summed E-state index contributed by atoms with van der Waals surface area (Å²) < 4.78 is 25.8. The van der Waals surface area contributed by atoms with Gasteiger partial charge in [0.2, 0.25) is 0 Å². The normalized spacial score (nSPS) is 13.0. The molecule has 0 radical (unpaired) electrons. The molecule has 6 nitrogen and oxygen atoms in total. The highest BCUT2D eigenvalue weighted by Crippen LogP contribution is 2.15. The molecule has 0 unspecified atom stereocenters. The van der Waals surface area contributed by atoms with Crippen LogP contribution in [0.5, 0.6) is 0 Å². The maximum absolute atomic E-state index is 12.0. The van der Waals surface area contributed by atoms with E-state index in [-0.39, 0.29) is 18.0 Å². The van der Waals surface area contributed by atoms with E-state index in [9.17, 15) is 13.2 Å². The Morgan fingerprint density at radius 1 is 1.26 bits per heavy atom. The third kappa shape index (κ3) is 2.56. The summed E-state index contributed by atoms with van der Waals surface area (Å²) in [6.45, 7) is 5.01. The first-order chi connectivity index (χ1) is 8.72. The smallest absolute Gasteiger partial charge is 0.250 e. The van der Waals surface area contributed by atoms with Crippen molar-refractivity contribution >= 4 is 15.5 Å². The van der Waals surface area contributed by atoms with Crippen molar-refractivity contribution in [2.75, 3.05) is 5.75 Å². The van der Waals surface area contributed by atoms with Crippen LogP contribution in [-0.2, 0) is 16.4 Å². The van der Waals surface area contributed by atoms with E-state index in [1.165, 1.54) is 9.08 Å². The molecule has 0 aliphatic heterocycles. The lowest BCUT2D eigenvalue weighted by Crippen LogP contribution is -2.34. The van der Waals surface area contributed by atoms with Gasteiger partial charge in [-0.3, -0.25) is 4.40 Å². The number of aryl methyl sites for hydroxylation is 1. The molecule has 0 amide bonds. The average Bonchev–Trinajstić information content (AvgIpc) is 2.63. The maximum Gasteiger partial charge on any atom is 0.350 e. The first-order valence-electron chi connectivity index (χ1n) is 5.99. The van der Waals surface area contributed by atoms with Crippen molar-refractivity contribution in [1.29, 1.82) is 0 Å². The van der Waals surface area contributed by atoms with Crippen LogP contribution in [0.25, 0.3) is 5.65 Å². The van der Waals surface area contributed by atoms with Gasteiger partial charge in [0.1, 0.15) is 0 Å². The van der Waals surface area contributed by atoms with Gasteiger partial charge in [-0.2, -0.15) is 0 Å². The van der Waals surface area contributed by atoms with Gasteiger partial charge in [-0.1, -0.05) is 6.07 Å². The number of aromatic nitrogens is 3. The third-order valence-corrected chi connectivity index (χ3v) is 5.58. The van der Waals surface area contributed by atoms with Crippen LogP contribution in [0, 0.1) is 0 Å². The quantitative estimate of drug-likeness (QED) is 0.831. The Kier molecular flexibility index (Phi) is 3.25. The fraction of sp³-hybridized carbons (Fsp3) is 0.500. The molecule has 2 heterocycles. The highest BCUT2D eigenvalue weighted by Gasteiger charge is 2.28. The van der Waals surface area contributed by atoms with Gasteiger partial charge < -0.3 is 0 Å². The summed E-state index contributed by atoms with van der Waals surface area (Å²) >= 11 is 0. The molecule has 0 fully saturated rings. The minimum Gasteiger partial charge on any atom is -0.250 e. The average molecular weight is 283 g/mol. The van der Waals surface area contributed by atoms with Crippen molar-refractivity contribution in [3.8, 4) is 0 Å². The van der Waals surface area contributed by atoms with Crippen LogP contribution in [0.2, 0.25) is 0 Å². The molecule has 0 aliphatic carbocycles. The summed E-state index contributed by atoms with van der Waals surface area (Å²) in [5.41, 5.74) is 0.195. The second-order valence-corrected chi connectivity index (χ2v) is 8.23. The van der Waals surface area contributed by atoms with Crippen molar-refractivity contribution < 1.29 is 8.42 Å². The van der Waals surface area contributed by atoms with Gasteiger partial charge in [-0.15, -0.1) is 5.10 Å². The van der Waals surface area contributed by atoms with Crippen LogP contribution < -0.4 is 5.69 Å². The summed E-state index contributed by atoms with van der Waals surface area (Å²) in [7, 11) is -3.26. The van der Waals surface area contributed by atoms with Crippen molar-refractivity contribution in [2.45, 2.75) is 32.1 Å². The van der Waals surface area contributed by atoms with Crippen LogP contribution in [0.4, 0.5) is 0 Å². The van der Waals surface area contributed by atoms with Crippen LogP contribution in [-0.4, -0.2) is 33.1 Å². The second-order valence-electron chi connectivity index (χ2n) is 5.37. The minimum absolute atomic E-state index is 0.0696. The van der Waals surface area contributed by atoms with Crippen molar-refractivity contribution in [1.82, 2.24) is 14.2 Å². The van der Waals surface area contributed by atoms with E-state index >= 15 is 0 Å². The molecule has 2 aromatic rings. The van der Waals surface area contributed by atoms with E-state index in [2.05, 4.69) is 5.10 Å². The first-order valence-corrected chi connectivity index (χ1v) is 7.64. The third-order valence-electron chi connectivity index (χ3n) is 2.99. The van der Waals surface area contributed by atoms with Crippen LogP contribution in [0.3, 0.4) is 0 Å². The molecule has 0 aliphatic rings. The lowest BCUT2D eigenvalue weighted by Gasteiger charge is -2.18. The van der Waals surface area contributed by atoms with Gasteiger partial charge in [-0.05, 0) is 32.9 Å². The van der Waals surface area contributed by atoms with Crippen LogP contribution >= 0.6 is 0 Å². The zero-order valence-electron chi connectivity index (χ0n) is 11.2. The van der Waals surface area contributed by atoms with Gasteiger partial charge in [0.05, 0.1) is 17.0 Å². The van der Waals surface area contributed by atoms with Gasteiger partial charge in [0, 0.05) is 6.20 Å². The van der Waals surface area contributed by atoms with Crippen molar-refractivity contribution in [2.24, 2.45) is 0 Å². The van der Waals surface area contributed by atoms with Crippen molar-refractivity contribution in [3.05, 3.63) is 34.9 Å². The van der Waals surface area contributed by atoms with Crippen LogP contribution in [0.1, 0.15) is 20.8 Å². The number of hydrogen-bond acceptors (Lipinski definition) is 4. The summed E-state index contributed by atoms with van der Waals surface area (Å²) in [5.74, 6) is -0.0969. The van der Waals surface area contributed by atoms with E-state index in [0.717, 1.165) is 0 Å². The van der Waals surface area contributed by atoms with Gasteiger partial charge in [0.25, 0.3) is 0 Å². The largest absolute Gasteiger partial charge is 0.350 e. The lowest BCUT2D eigenvalue weighted by molar-refractivity contribution is 0.545. The number of hydrogen-bond donors (Lipinski definition) is 0. The molecule has 2 aromatic heterocycles. The fourth-order valence-electron chi connectivity index (χ4n) is 1.63. The predicted molar refractivity (Wildman–Crippen MR) is 73.0 cm³/mol. The van der Waals surface area contributed by atoms with Gasteiger partial charge >= 0.3 is 5.69 Å². The molecule has 19 heavy (non-hydrogen) atoms. The Morgan fingerprint density at radius 2 is 1.95 bits per heavy atom. The molecule has 0 N–H and O–H groups in total. The summed E-state index contributed by atoms with van der Waals surface area (Å²) in [6.07, 6.45) is 1.61. The molecule has 7 heteroatoms. The highest BCUT2D eigenvalue weighted by molar-refractivity contribution is 7.92.